The number of aromatic nitrogens is 4. The smallest absolute Gasteiger partial charge is 0.333 e. The van der Waals surface area contributed by atoms with Crippen molar-refractivity contribution in [3.8, 4) is 0 Å². The molecular weight excluding hydrogens is 368 g/mol. The van der Waals surface area contributed by atoms with Gasteiger partial charge in [0, 0.05) is 19.1 Å². The van der Waals surface area contributed by atoms with Gasteiger partial charge in [0.15, 0.2) is 11.2 Å². The van der Waals surface area contributed by atoms with Crippen LogP contribution in [-0.2, 0) is 13.1 Å². The lowest BCUT2D eigenvalue weighted by Crippen LogP contribution is -2.44. The molecule has 0 radical (unpaired) electrons. The molecule has 158 valence electrons. The van der Waals surface area contributed by atoms with Crippen LogP contribution in [-0.4, -0.2) is 29.4 Å². The molecule has 2 heterocycles. The Morgan fingerprint density at radius 3 is 2.34 bits per heavy atom. The summed E-state index contributed by atoms with van der Waals surface area (Å²) in [4.78, 5) is 31.5. The second-order valence-electron chi connectivity index (χ2n) is 9.96. The summed E-state index contributed by atoms with van der Waals surface area (Å²) in [7, 11) is 0. The molecule has 5 rings (SSSR count). The maximum Gasteiger partial charge on any atom is 0.333 e. The van der Waals surface area contributed by atoms with Crippen molar-refractivity contribution in [3.63, 3.8) is 0 Å². The van der Waals surface area contributed by atoms with Crippen molar-refractivity contribution in [1.82, 2.24) is 18.7 Å². The van der Waals surface area contributed by atoms with Gasteiger partial charge < -0.3 is 9.67 Å². The second kappa shape index (κ2) is 7.11. The molecule has 2 aromatic rings. The van der Waals surface area contributed by atoms with E-state index in [4.69, 9.17) is 0 Å². The zero-order valence-corrected chi connectivity index (χ0v) is 17.3. The minimum absolute atomic E-state index is 0.146. The number of nitrogens with zero attached hydrogens (tertiary/aromatic N) is 4. The average molecular weight is 401 g/mol. The Balaban J connectivity index is 1.58. The van der Waals surface area contributed by atoms with Gasteiger partial charge >= 0.3 is 5.69 Å². The van der Waals surface area contributed by atoms with Crippen molar-refractivity contribution in [1.29, 1.82) is 0 Å². The minimum atomic E-state index is -0.613. The zero-order valence-electron chi connectivity index (χ0n) is 17.3. The van der Waals surface area contributed by atoms with Crippen LogP contribution in [0.5, 0.6) is 0 Å². The predicted molar refractivity (Wildman–Crippen MR) is 111 cm³/mol. The van der Waals surface area contributed by atoms with Gasteiger partial charge in [-0.3, -0.25) is 13.9 Å². The van der Waals surface area contributed by atoms with E-state index in [1.54, 1.807) is 6.33 Å². The first-order valence-electron chi connectivity index (χ1n) is 11.4. The fraction of sp³-hybridized carbons (Fsp3) is 0.773. The topological polar surface area (TPSA) is 82.1 Å². The molecule has 29 heavy (non-hydrogen) atoms. The first-order chi connectivity index (χ1) is 13.9. The standard InChI is InChI=1S/C22H32N4O3/c1-22(29)10-8-16(9-11-22)13-25-20(27)18-19(23-14-24(18)12-15-6-7-15)26(21(25)28)17-4-2-3-5-17/h14-17,29H,2-13H2,1H3. The number of hydrogen-bond acceptors (Lipinski definition) is 4. The molecule has 3 saturated carbocycles. The Hall–Kier alpha value is -1.89. The fourth-order valence-electron chi connectivity index (χ4n) is 5.31. The highest BCUT2D eigenvalue weighted by molar-refractivity contribution is 5.70. The third-order valence-electron chi connectivity index (χ3n) is 7.40. The van der Waals surface area contributed by atoms with Crippen LogP contribution in [0.4, 0.5) is 0 Å². The highest BCUT2D eigenvalue weighted by Gasteiger charge is 2.31. The normalized spacial score (nSPS) is 28.4. The molecule has 2 aromatic heterocycles. The molecule has 1 N–H and O–H groups in total. The molecule has 0 atom stereocenters. The highest BCUT2D eigenvalue weighted by atomic mass is 16.3. The van der Waals surface area contributed by atoms with Crippen LogP contribution in [0.1, 0.15) is 77.2 Å². The molecule has 3 aliphatic carbocycles. The first kappa shape index (κ1) is 19.1. The van der Waals surface area contributed by atoms with Crippen molar-refractivity contribution in [2.75, 3.05) is 0 Å². The fourth-order valence-corrected chi connectivity index (χ4v) is 5.31. The lowest BCUT2D eigenvalue weighted by molar-refractivity contribution is 0.00548. The van der Waals surface area contributed by atoms with E-state index in [1.807, 2.05) is 16.1 Å². The maximum atomic E-state index is 13.5. The van der Waals surface area contributed by atoms with Crippen LogP contribution in [0.25, 0.3) is 11.2 Å². The molecule has 0 aromatic carbocycles. The van der Waals surface area contributed by atoms with E-state index < -0.39 is 5.60 Å². The van der Waals surface area contributed by atoms with Crippen molar-refractivity contribution < 1.29 is 5.11 Å². The molecule has 0 saturated heterocycles. The summed E-state index contributed by atoms with van der Waals surface area (Å²) < 4.78 is 5.30. The molecule has 0 bridgehead atoms. The van der Waals surface area contributed by atoms with Gasteiger partial charge in [0.05, 0.1) is 11.9 Å². The van der Waals surface area contributed by atoms with Crippen molar-refractivity contribution >= 4 is 11.2 Å². The molecule has 0 unspecified atom stereocenters. The van der Waals surface area contributed by atoms with Gasteiger partial charge in [-0.1, -0.05) is 12.8 Å². The third-order valence-corrected chi connectivity index (χ3v) is 7.40. The second-order valence-corrected chi connectivity index (χ2v) is 9.96. The highest BCUT2D eigenvalue weighted by Crippen LogP contribution is 2.34. The van der Waals surface area contributed by atoms with Gasteiger partial charge in [0.25, 0.3) is 5.56 Å². The number of hydrogen-bond donors (Lipinski definition) is 1. The van der Waals surface area contributed by atoms with E-state index in [2.05, 4.69) is 4.98 Å². The van der Waals surface area contributed by atoms with Crippen LogP contribution in [0.15, 0.2) is 15.9 Å². The number of rotatable bonds is 5. The van der Waals surface area contributed by atoms with Crippen LogP contribution in [0, 0.1) is 11.8 Å². The molecule has 7 heteroatoms. The van der Waals surface area contributed by atoms with Gasteiger partial charge in [-0.15, -0.1) is 0 Å². The number of fused-ring (bicyclic) bond motifs is 1. The number of imidazole rings is 1. The lowest BCUT2D eigenvalue weighted by atomic mass is 9.80. The summed E-state index contributed by atoms with van der Waals surface area (Å²) in [6.45, 7) is 3.15. The summed E-state index contributed by atoms with van der Waals surface area (Å²) in [5.41, 5.74) is 0.193. The SMILES string of the molecule is CC1(O)CCC(Cn2c(=O)c3c(ncn3CC3CC3)n(C3CCCC3)c2=O)CC1. The van der Waals surface area contributed by atoms with E-state index in [9.17, 15) is 14.7 Å². The summed E-state index contributed by atoms with van der Waals surface area (Å²) in [6, 6.07) is 0.146. The molecular formula is C22H32N4O3. The van der Waals surface area contributed by atoms with E-state index >= 15 is 0 Å². The van der Waals surface area contributed by atoms with Gasteiger partial charge in [0.1, 0.15) is 0 Å². The van der Waals surface area contributed by atoms with Crippen molar-refractivity contribution in [2.24, 2.45) is 11.8 Å². The monoisotopic (exact) mass is 400 g/mol. The van der Waals surface area contributed by atoms with E-state index in [-0.39, 0.29) is 23.2 Å². The Bertz CT molecular complexity index is 1010. The third kappa shape index (κ3) is 3.58. The minimum Gasteiger partial charge on any atom is -0.390 e. The predicted octanol–water partition coefficient (Wildman–Crippen LogP) is 2.83. The van der Waals surface area contributed by atoms with E-state index in [0.717, 1.165) is 57.9 Å². The average Bonchev–Trinajstić information content (AvgIpc) is 3.16. The number of aliphatic hydroxyl groups is 1. The van der Waals surface area contributed by atoms with Crippen LogP contribution >= 0.6 is 0 Å². The lowest BCUT2D eigenvalue weighted by Gasteiger charge is -2.33. The Morgan fingerprint density at radius 2 is 1.69 bits per heavy atom. The summed E-state index contributed by atoms with van der Waals surface area (Å²) in [5, 5.41) is 10.2. The zero-order chi connectivity index (χ0) is 20.2. The van der Waals surface area contributed by atoms with Gasteiger partial charge in [0.2, 0.25) is 0 Å². The van der Waals surface area contributed by atoms with Crippen LogP contribution in [0.2, 0.25) is 0 Å². The van der Waals surface area contributed by atoms with Gasteiger partial charge in [-0.2, -0.15) is 0 Å². The van der Waals surface area contributed by atoms with Crippen molar-refractivity contribution in [2.45, 2.75) is 95.9 Å². The molecule has 0 spiro atoms. The summed E-state index contributed by atoms with van der Waals surface area (Å²) >= 11 is 0. The molecule has 0 aliphatic heterocycles. The Labute approximate surface area is 170 Å². The summed E-state index contributed by atoms with van der Waals surface area (Å²) in [6.07, 6.45) is 11.5. The van der Waals surface area contributed by atoms with Crippen molar-refractivity contribution in [3.05, 3.63) is 27.2 Å². The quantitative estimate of drug-likeness (QED) is 0.837. The Kier molecular flexibility index (Phi) is 4.68. The van der Waals surface area contributed by atoms with Crippen LogP contribution < -0.4 is 11.2 Å². The molecule has 3 aliphatic rings. The largest absolute Gasteiger partial charge is 0.390 e. The molecule has 7 nitrogen and oxygen atoms in total. The first-order valence-corrected chi connectivity index (χ1v) is 11.4. The van der Waals surface area contributed by atoms with Gasteiger partial charge in [-0.05, 0) is 70.1 Å². The van der Waals surface area contributed by atoms with Gasteiger partial charge in [-0.25, -0.2) is 9.78 Å². The maximum absolute atomic E-state index is 13.5. The Morgan fingerprint density at radius 1 is 1.03 bits per heavy atom. The summed E-state index contributed by atoms with van der Waals surface area (Å²) in [5.74, 6) is 0.891. The molecule has 3 fully saturated rings. The van der Waals surface area contributed by atoms with Crippen LogP contribution in [0.3, 0.4) is 0 Å². The van der Waals surface area contributed by atoms with E-state index in [1.165, 1.54) is 17.4 Å². The van der Waals surface area contributed by atoms with E-state index in [0.29, 0.717) is 23.6 Å². The molecule has 0 amide bonds.